The molecule has 1 saturated heterocycles. The number of piperazine rings is 1. The van der Waals surface area contributed by atoms with E-state index < -0.39 is 0 Å². The summed E-state index contributed by atoms with van der Waals surface area (Å²) in [4.78, 5) is 7.00. The lowest BCUT2D eigenvalue weighted by Gasteiger charge is -2.28. The molecule has 1 fully saturated rings. The van der Waals surface area contributed by atoms with E-state index in [2.05, 4.69) is 36.0 Å². The van der Waals surface area contributed by atoms with E-state index in [1.54, 1.807) is 6.07 Å². The topological polar surface area (TPSA) is 32.6 Å². The molecular weight excluding hydrogens is 267 g/mol. The van der Waals surface area contributed by atoms with E-state index in [-0.39, 0.29) is 11.2 Å². The van der Waals surface area contributed by atoms with E-state index in [0.717, 1.165) is 44.1 Å². The first-order valence-electron chi connectivity index (χ1n) is 7.56. The molecule has 1 aliphatic rings. The lowest BCUT2D eigenvalue weighted by Crippen LogP contribution is -2.43. The highest BCUT2D eigenvalue weighted by molar-refractivity contribution is 5.46. The molecule has 0 aliphatic carbocycles. The van der Waals surface area contributed by atoms with Gasteiger partial charge >= 0.3 is 0 Å². The minimum atomic E-state index is -0.255. The number of nitrogens with zero attached hydrogens (tertiary/aromatic N) is 3. The van der Waals surface area contributed by atoms with E-state index in [1.165, 1.54) is 6.07 Å². The zero-order valence-corrected chi connectivity index (χ0v) is 13.0. The van der Waals surface area contributed by atoms with Gasteiger partial charge in [0.2, 0.25) is 0 Å². The quantitative estimate of drug-likeness (QED) is 0.920. The molecule has 3 rings (SSSR count). The van der Waals surface area contributed by atoms with Gasteiger partial charge in [-0.05, 0) is 12.1 Å². The Hall–Kier alpha value is -1.46. The molecule has 0 saturated carbocycles. The van der Waals surface area contributed by atoms with Gasteiger partial charge in [0, 0.05) is 44.3 Å². The second kappa shape index (κ2) is 5.39. The Bertz CT molecular complexity index is 635. The Morgan fingerprint density at radius 3 is 2.67 bits per heavy atom. The number of aromatic nitrogens is 2. The van der Waals surface area contributed by atoms with E-state index >= 15 is 0 Å². The summed E-state index contributed by atoms with van der Waals surface area (Å²) < 4.78 is 16.0. The Morgan fingerprint density at radius 2 is 2.00 bits per heavy atom. The summed E-state index contributed by atoms with van der Waals surface area (Å²) in [5.41, 5.74) is 2.44. The second-order valence-corrected chi connectivity index (χ2v) is 6.73. The molecule has 0 amide bonds. The molecule has 114 valence electrons. The van der Waals surface area contributed by atoms with Crippen molar-refractivity contribution in [1.82, 2.24) is 19.6 Å². The number of pyridine rings is 1. The highest BCUT2D eigenvalue weighted by Crippen LogP contribution is 2.28. The maximum absolute atomic E-state index is 14.0. The monoisotopic (exact) mass is 290 g/mol. The Balaban J connectivity index is 2.07. The maximum atomic E-state index is 14.0. The zero-order chi connectivity index (χ0) is 15.0. The van der Waals surface area contributed by atoms with E-state index in [0.29, 0.717) is 5.65 Å². The average molecular weight is 290 g/mol. The summed E-state index contributed by atoms with van der Waals surface area (Å²) in [6, 6.07) is 3.22. The largest absolute Gasteiger partial charge is 0.314 e. The normalized spacial score (nSPS) is 17.5. The molecule has 0 unspecified atom stereocenters. The predicted molar refractivity (Wildman–Crippen MR) is 82.0 cm³/mol. The van der Waals surface area contributed by atoms with Gasteiger partial charge in [0.1, 0.15) is 0 Å². The number of nitrogens with one attached hydrogen (secondary N) is 1. The molecular formula is C16H23FN4. The van der Waals surface area contributed by atoms with Crippen LogP contribution in [0.25, 0.3) is 5.65 Å². The van der Waals surface area contributed by atoms with E-state index in [9.17, 15) is 4.39 Å². The van der Waals surface area contributed by atoms with Crippen molar-refractivity contribution in [2.24, 2.45) is 0 Å². The van der Waals surface area contributed by atoms with Gasteiger partial charge in [0.25, 0.3) is 0 Å². The van der Waals surface area contributed by atoms with Crippen LogP contribution in [0.5, 0.6) is 0 Å². The first-order valence-corrected chi connectivity index (χ1v) is 7.56. The molecule has 0 atom stereocenters. The molecule has 1 aliphatic heterocycles. The van der Waals surface area contributed by atoms with Crippen molar-refractivity contribution in [1.29, 1.82) is 0 Å². The van der Waals surface area contributed by atoms with Crippen molar-refractivity contribution in [3.8, 4) is 0 Å². The minimum absolute atomic E-state index is 0.0954. The lowest BCUT2D eigenvalue weighted by molar-refractivity contribution is 0.228. The number of imidazole rings is 1. The number of halogens is 1. The molecule has 1 N–H and O–H groups in total. The predicted octanol–water partition coefficient (Wildman–Crippen LogP) is 2.18. The molecule has 2 aromatic heterocycles. The molecule has 0 aromatic carbocycles. The van der Waals surface area contributed by atoms with Crippen LogP contribution >= 0.6 is 0 Å². The van der Waals surface area contributed by atoms with Crippen molar-refractivity contribution in [2.75, 3.05) is 26.2 Å². The van der Waals surface area contributed by atoms with Gasteiger partial charge in [-0.2, -0.15) is 0 Å². The number of hydrogen-bond acceptors (Lipinski definition) is 3. The van der Waals surface area contributed by atoms with Crippen LogP contribution < -0.4 is 5.32 Å². The molecule has 2 aromatic rings. The van der Waals surface area contributed by atoms with Crippen LogP contribution in [0.2, 0.25) is 0 Å². The van der Waals surface area contributed by atoms with Gasteiger partial charge < -0.3 is 9.72 Å². The standard InChI is InChI=1S/C16H23FN4/c1-16(2,3)14-13(11-20-9-6-18-7-10-20)21-8-4-5-12(17)15(21)19-14/h4-5,8,18H,6-7,9-11H2,1-3H3. The Labute approximate surface area is 125 Å². The third kappa shape index (κ3) is 2.80. The third-order valence-corrected chi connectivity index (χ3v) is 3.99. The van der Waals surface area contributed by atoms with E-state index in [1.807, 2.05) is 10.6 Å². The van der Waals surface area contributed by atoms with Crippen LogP contribution in [0, 0.1) is 5.82 Å². The smallest absolute Gasteiger partial charge is 0.173 e. The van der Waals surface area contributed by atoms with Crippen molar-refractivity contribution in [3.63, 3.8) is 0 Å². The minimum Gasteiger partial charge on any atom is -0.314 e. The third-order valence-electron chi connectivity index (χ3n) is 3.99. The maximum Gasteiger partial charge on any atom is 0.173 e. The number of rotatable bonds is 2. The summed E-state index contributed by atoms with van der Waals surface area (Å²) in [5.74, 6) is -0.255. The summed E-state index contributed by atoms with van der Waals surface area (Å²) in [6.45, 7) is 11.3. The summed E-state index contributed by atoms with van der Waals surface area (Å²) >= 11 is 0. The van der Waals surface area contributed by atoms with Crippen molar-refractivity contribution in [2.45, 2.75) is 32.7 Å². The van der Waals surface area contributed by atoms with Crippen LogP contribution in [0.1, 0.15) is 32.2 Å². The van der Waals surface area contributed by atoms with Crippen molar-refractivity contribution >= 4 is 5.65 Å². The lowest BCUT2D eigenvalue weighted by atomic mass is 9.90. The highest BCUT2D eigenvalue weighted by atomic mass is 19.1. The highest BCUT2D eigenvalue weighted by Gasteiger charge is 2.26. The first kappa shape index (κ1) is 14.5. The Kier molecular flexibility index (Phi) is 3.71. The fourth-order valence-corrected chi connectivity index (χ4v) is 2.92. The molecule has 0 radical (unpaired) electrons. The molecule has 0 bridgehead atoms. The molecule has 5 heteroatoms. The van der Waals surface area contributed by atoms with Gasteiger partial charge in [-0.3, -0.25) is 4.90 Å². The van der Waals surface area contributed by atoms with Crippen LogP contribution in [0.3, 0.4) is 0 Å². The van der Waals surface area contributed by atoms with Crippen LogP contribution in [0.4, 0.5) is 4.39 Å². The Morgan fingerprint density at radius 1 is 1.29 bits per heavy atom. The van der Waals surface area contributed by atoms with Gasteiger partial charge in [-0.25, -0.2) is 9.37 Å². The van der Waals surface area contributed by atoms with Crippen LogP contribution in [-0.2, 0) is 12.0 Å². The number of fused-ring (bicyclic) bond motifs is 1. The van der Waals surface area contributed by atoms with Gasteiger partial charge in [-0.1, -0.05) is 20.8 Å². The van der Waals surface area contributed by atoms with Crippen LogP contribution in [-0.4, -0.2) is 40.5 Å². The summed E-state index contributed by atoms with van der Waals surface area (Å²) in [6.07, 6.45) is 1.91. The SMILES string of the molecule is CC(C)(C)c1nc2c(F)cccn2c1CN1CCNCC1. The van der Waals surface area contributed by atoms with Gasteiger partial charge in [0.05, 0.1) is 11.4 Å². The number of hydrogen-bond donors (Lipinski definition) is 1. The zero-order valence-electron chi connectivity index (χ0n) is 13.0. The summed E-state index contributed by atoms with van der Waals surface area (Å²) in [5, 5.41) is 3.36. The fourth-order valence-electron chi connectivity index (χ4n) is 2.92. The summed E-state index contributed by atoms with van der Waals surface area (Å²) in [7, 11) is 0. The van der Waals surface area contributed by atoms with E-state index in [4.69, 9.17) is 0 Å². The van der Waals surface area contributed by atoms with Gasteiger partial charge in [-0.15, -0.1) is 0 Å². The molecule has 21 heavy (non-hydrogen) atoms. The van der Waals surface area contributed by atoms with Crippen LogP contribution in [0.15, 0.2) is 18.3 Å². The van der Waals surface area contributed by atoms with Crippen molar-refractivity contribution < 1.29 is 4.39 Å². The molecule has 0 spiro atoms. The molecule has 4 nitrogen and oxygen atoms in total. The molecule has 3 heterocycles. The fraction of sp³-hybridized carbons (Fsp3) is 0.562. The second-order valence-electron chi connectivity index (χ2n) is 6.73. The van der Waals surface area contributed by atoms with Crippen molar-refractivity contribution in [3.05, 3.63) is 35.5 Å². The average Bonchev–Trinajstić information content (AvgIpc) is 2.80. The first-order chi connectivity index (χ1) is 9.97. The van der Waals surface area contributed by atoms with Gasteiger partial charge in [0.15, 0.2) is 11.5 Å².